The van der Waals surface area contributed by atoms with Crippen LogP contribution in [0.5, 0.6) is 0 Å². The van der Waals surface area contributed by atoms with E-state index >= 15 is 0 Å². The lowest BCUT2D eigenvalue weighted by atomic mass is 10.1. The highest BCUT2D eigenvalue weighted by molar-refractivity contribution is 7.94. The summed E-state index contributed by atoms with van der Waals surface area (Å²) >= 11 is 0. The molecule has 1 amide bonds. The molecule has 0 aromatic carbocycles. The molecule has 3 rings (SSSR count). The summed E-state index contributed by atoms with van der Waals surface area (Å²) in [4.78, 5) is 19.2. The zero-order valence-corrected chi connectivity index (χ0v) is 12.8. The zero-order valence-electron chi connectivity index (χ0n) is 12.0. The maximum atomic E-state index is 11.8. The fraction of sp³-hybridized carbons (Fsp3) is 0.333. The van der Waals surface area contributed by atoms with Gasteiger partial charge in [-0.3, -0.25) is 4.79 Å². The number of fused-ring (bicyclic) bond motifs is 1. The fourth-order valence-electron chi connectivity index (χ4n) is 2.63. The number of hydrogen-bond acceptors (Lipinski definition) is 4. The lowest BCUT2D eigenvalue weighted by molar-refractivity contribution is -0.121. The van der Waals surface area contributed by atoms with E-state index in [0.29, 0.717) is 13.0 Å². The van der Waals surface area contributed by atoms with Gasteiger partial charge in [-0.25, -0.2) is 13.4 Å². The monoisotopic (exact) mass is 319 g/mol. The van der Waals surface area contributed by atoms with Crippen LogP contribution in [0.2, 0.25) is 0 Å². The molecule has 2 N–H and O–H groups in total. The summed E-state index contributed by atoms with van der Waals surface area (Å²) in [6.07, 6.45) is 6.14. The van der Waals surface area contributed by atoms with Gasteiger partial charge in [-0.1, -0.05) is 6.08 Å². The van der Waals surface area contributed by atoms with E-state index in [1.54, 1.807) is 12.3 Å². The number of allylic oxidation sites excluding steroid dienone is 1. The molecule has 116 valence electrons. The highest BCUT2D eigenvalue weighted by Crippen LogP contribution is 2.18. The van der Waals surface area contributed by atoms with Crippen molar-refractivity contribution in [2.45, 2.75) is 12.8 Å². The third kappa shape index (κ3) is 3.36. The van der Waals surface area contributed by atoms with Crippen LogP contribution in [0.3, 0.4) is 0 Å². The molecule has 6 nitrogen and oxygen atoms in total. The number of carbonyl (C=O) groups excluding carboxylic acids is 1. The first-order valence-corrected chi connectivity index (χ1v) is 8.84. The molecule has 7 heteroatoms. The minimum Gasteiger partial charge on any atom is -0.356 e. The molecule has 1 aliphatic rings. The van der Waals surface area contributed by atoms with E-state index in [0.717, 1.165) is 16.6 Å². The third-order valence-electron chi connectivity index (χ3n) is 3.71. The predicted octanol–water partition coefficient (Wildman–Crippen LogP) is 1.17. The van der Waals surface area contributed by atoms with Crippen molar-refractivity contribution in [2.75, 3.05) is 12.3 Å². The van der Waals surface area contributed by atoms with E-state index < -0.39 is 9.84 Å². The van der Waals surface area contributed by atoms with Crippen molar-refractivity contribution in [3.05, 3.63) is 41.6 Å². The van der Waals surface area contributed by atoms with Crippen molar-refractivity contribution in [3.63, 3.8) is 0 Å². The molecule has 0 saturated heterocycles. The van der Waals surface area contributed by atoms with Gasteiger partial charge in [0, 0.05) is 42.1 Å². The van der Waals surface area contributed by atoms with Gasteiger partial charge in [0.1, 0.15) is 5.65 Å². The number of nitrogens with zero attached hydrogens (tertiary/aromatic N) is 1. The van der Waals surface area contributed by atoms with Crippen molar-refractivity contribution in [1.82, 2.24) is 15.3 Å². The van der Waals surface area contributed by atoms with Crippen LogP contribution in [-0.2, 0) is 21.1 Å². The number of sulfone groups is 1. The second kappa shape index (κ2) is 5.92. The first-order chi connectivity index (χ1) is 10.5. The third-order valence-corrected chi connectivity index (χ3v) is 5.17. The Morgan fingerprint density at radius 2 is 2.32 bits per heavy atom. The maximum absolute atomic E-state index is 11.8. The second-order valence-corrected chi connectivity index (χ2v) is 7.37. The zero-order chi connectivity index (χ0) is 15.6. The number of rotatable bonds is 5. The Morgan fingerprint density at radius 1 is 1.45 bits per heavy atom. The van der Waals surface area contributed by atoms with Gasteiger partial charge < -0.3 is 10.3 Å². The quantitative estimate of drug-likeness (QED) is 0.865. The van der Waals surface area contributed by atoms with Crippen LogP contribution in [0.1, 0.15) is 12.0 Å². The van der Waals surface area contributed by atoms with Gasteiger partial charge in [0.2, 0.25) is 5.91 Å². The highest BCUT2D eigenvalue weighted by atomic mass is 32.2. The van der Waals surface area contributed by atoms with Crippen LogP contribution >= 0.6 is 0 Å². The standard InChI is InChI=1S/C15H17N3O3S/c19-14(8-11-4-7-22(20,21)10-11)16-6-3-12-9-18-15-13(12)2-1-5-17-15/h1-2,4-5,7,9,11H,3,6,8,10H2,(H,16,19)(H,17,18). The van der Waals surface area contributed by atoms with Gasteiger partial charge in [0.15, 0.2) is 9.84 Å². The Labute approximate surface area is 128 Å². The summed E-state index contributed by atoms with van der Waals surface area (Å²) in [7, 11) is -3.09. The summed E-state index contributed by atoms with van der Waals surface area (Å²) in [5.74, 6) is -0.291. The SMILES string of the molecule is O=C(CC1C=CS(=O)(=O)C1)NCCc1c[nH]c2ncccc12. The van der Waals surface area contributed by atoms with Crippen LogP contribution in [0.15, 0.2) is 36.0 Å². The second-order valence-electron chi connectivity index (χ2n) is 5.44. The molecule has 2 aromatic heterocycles. The Morgan fingerprint density at radius 3 is 3.09 bits per heavy atom. The van der Waals surface area contributed by atoms with Crippen LogP contribution in [0.4, 0.5) is 0 Å². The largest absolute Gasteiger partial charge is 0.356 e. The number of amides is 1. The molecule has 0 saturated carbocycles. The van der Waals surface area contributed by atoms with E-state index in [2.05, 4.69) is 15.3 Å². The smallest absolute Gasteiger partial charge is 0.220 e. The Kier molecular flexibility index (Phi) is 3.98. The molecule has 0 fully saturated rings. The molecule has 3 heterocycles. The van der Waals surface area contributed by atoms with Gasteiger partial charge in [-0.2, -0.15) is 0 Å². The van der Waals surface area contributed by atoms with Gasteiger partial charge >= 0.3 is 0 Å². The molecular weight excluding hydrogens is 302 g/mol. The molecule has 0 aliphatic carbocycles. The summed E-state index contributed by atoms with van der Waals surface area (Å²) in [6.45, 7) is 0.518. The molecule has 0 spiro atoms. The summed E-state index contributed by atoms with van der Waals surface area (Å²) in [5.41, 5.74) is 1.94. The van der Waals surface area contributed by atoms with Crippen molar-refractivity contribution < 1.29 is 13.2 Å². The van der Waals surface area contributed by atoms with E-state index in [-0.39, 0.29) is 24.0 Å². The van der Waals surface area contributed by atoms with Crippen LogP contribution in [-0.4, -0.2) is 36.6 Å². The molecule has 1 unspecified atom stereocenters. The van der Waals surface area contributed by atoms with Crippen molar-refractivity contribution in [2.24, 2.45) is 5.92 Å². The summed E-state index contributed by atoms with van der Waals surface area (Å²) < 4.78 is 22.6. The molecule has 2 aromatic rings. The minimum atomic E-state index is -3.09. The van der Waals surface area contributed by atoms with E-state index in [9.17, 15) is 13.2 Å². The number of H-pyrrole nitrogens is 1. The average Bonchev–Trinajstić information content (AvgIpc) is 3.03. The number of aromatic nitrogens is 2. The predicted molar refractivity (Wildman–Crippen MR) is 83.8 cm³/mol. The van der Waals surface area contributed by atoms with E-state index in [1.165, 1.54) is 5.41 Å². The van der Waals surface area contributed by atoms with Crippen LogP contribution in [0.25, 0.3) is 11.0 Å². The van der Waals surface area contributed by atoms with Gasteiger partial charge in [-0.15, -0.1) is 0 Å². The normalized spacial score (nSPS) is 19.5. The average molecular weight is 319 g/mol. The summed E-state index contributed by atoms with van der Waals surface area (Å²) in [5, 5.41) is 5.09. The van der Waals surface area contributed by atoms with Gasteiger partial charge in [0.05, 0.1) is 5.75 Å². The lowest BCUT2D eigenvalue weighted by Gasteiger charge is -2.08. The molecular formula is C15H17N3O3S. The highest BCUT2D eigenvalue weighted by Gasteiger charge is 2.23. The number of pyridine rings is 1. The number of hydrogen-bond donors (Lipinski definition) is 2. The topological polar surface area (TPSA) is 91.9 Å². The molecule has 22 heavy (non-hydrogen) atoms. The number of nitrogens with one attached hydrogen (secondary N) is 2. The number of carbonyl (C=O) groups is 1. The molecule has 0 radical (unpaired) electrons. The minimum absolute atomic E-state index is 0.0362. The van der Waals surface area contributed by atoms with Crippen LogP contribution in [0, 0.1) is 5.92 Å². The van der Waals surface area contributed by atoms with Crippen molar-refractivity contribution >= 4 is 26.8 Å². The Hall–Kier alpha value is -2.15. The molecule has 1 atom stereocenters. The van der Waals surface area contributed by atoms with Gasteiger partial charge in [-0.05, 0) is 24.1 Å². The number of aromatic amines is 1. The lowest BCUT2D eigenvalue weighted by Crippen LogP contribution is -2.27. The fourth-order valence-corrected chi connectivity index (χ4v) is 4.03. The van der Waals surface area contributed by atoms with E-state index in [4.69, 9.17) is 0 Å². The van der Waals surface area contributed by atoms with Gasteiger partial charge in [0.25, 0.3) is 0 Å². The Bertz CT molecular complexity index is 823. The Balaban J connectivity index is 1.49. The molecule has 0 bridgehead atoms. The van der Waals surface area contributed by atoms with Crippen molar-refractivity contribution in [3.8, 4) is 0 Å². The summed E-state index contributed by atoms with van der Waals surface area (Å²) in [6, 6.07) is 3.87. The van der Waals surface area contributed by atoms with Crippen LogP contribution < -0.4 is 5.32 Å². The first-order valence-electron chi connectivity index (χ1n) is 7.12. The first kappa shape index (κ1) is 14.8. The van der Waals surface area contributed by atoms with Crippen molar-refractivity contribution in [1.29, 1.82) is 0 Å². The maximum Gasteiger partial charge on any atom is 0.220 e. The molecule has 1 aliphatic heterocycles. The van der Waals surface area contributed by atoms with E-state index in [1.807, 2.05) is 18.3 Å².